The number of carbonyl (C=O) groups is 1. The van der Waals surface area contributed by atoms with Crippen molar-refractivity contribution in [3.8, 4) is 0 Å². The highest BCUT2D eigenvalue weighted by Gasteiger charge is 2.23. The van der Waals surface area contributed by atoms with E-state index >= 15 is 0 Å². The highest BCUT2D eigenvalue weighted by Crippen LogP contribution is 2.27. The normalized spacial score (nSPS) is 10.1. The Balaban J connectivity index is 2.42. The van der Waals surface area contributed by atoms with E-state index in [1.165, 1.54) is 13.2 Å². The Morgan fingerprint density at radius 2 is 2.25 bits per heavy atom. The molecule has 2 rings (SSSR count). The van der Waals surface area contributed by atoms with Crippen molar-refractivity contribution in [2.75, 3.05) is 17.7 Å². The van der Waals surface area contributed by atoms with Gasteiger partial charge in [-0.15, -0.1) is 5.10 Å². The van der Waals surface area contributed by atoms with Gasteiger partial charge in [0.05, 0.1) is 22.9 Å². The maximum Gasteiger partial charge on any atom is 0.285 e. The molecule has 0 unspecified atom stereocenters. The number of rotatable bonds is 4. The smallest absolute Gasteiger partial charge is 0.285 e. The van der Waals surface area contributed by atoms with Gasteiger partial charge in [0.2, 0.25) is 0 Å². The first-order valence-electron chi connectivity index (χ1n) is 5.27. The Morgan fingerprint density at radius 3 is 2.80 bits per heavy atom. The molecule has 0 aliphatic heterocycles. The molecule has 0 saturated carbocycles. The van der Waals surface area contributed by atoms with Crippen LogP contribution in [0.15, 0.2) is 18.3 Å². The third-order valence-electron chi connectivity index (χ3n) is 2.39. The van der Waals surface area contributed by atoms with Gasteiger partial charge in [0.25, 0.3) is 11.6 Å². The largest absolute Gasteiger partial charge is 0.386 e. The number of hydrogen-bond acceptors (Lipinski definition) is 7. The molecule has 1 aromatic heterocycles. The number of halogens is 1. The zero-order chi connectivity index (χ0) is 14.7. The fraction of sp³-hybridized carbons (Fsp3) is 0.100. The van der Waals surface area contributed by atoms with Crippen LogP contribution in [0.5, 0.6) is 0 Å². The monoisotopic (exact) mass is 297 g/mol. The van der Waals surface area contributed by atoms with E-state index in [1.807, 2.05) is 0 Å². The fourth-order valence-electron chi connectivity index (χ4n) is 1.49. The lowest BCUT2D eigenvalue weighted by Crippen LogP contribution is -2.14. The quantitative estimate of drug-likeness (QED) is 0.658. The molecule has 0 aliphatic rings. The second-order valence-electron chi connectivity index (χ2n) is 3.59. The van der Waals surface area contributed by atoms with Crippen molar-refractivity contribution in [2.24, 2.45) is 0 Å². The van der Waals surface area contributed by atoms with Crippen molar-refractivity contribution in [3.63, 3.8) is 0 Å². The predicted octanol–water partition coefficient (Wildman–Crippen LogP) is 1.88. The predicted molar refractivity (Wildman–Crippen MR) is 70.5 cm³/mol. The number of hydrogen-bond donors (Lipinski definition) is 2. The molecule has 8 nitrogen and oxygen atoms in total. The average Bonchev–Trinajstić information content (AvgIpc) is 2.90. The molecule has 0 spiro atoms. The van der Waals surface area contributed by atoms with Crippen molar-refractivity contribution in [1.29, 1.82) is 0 Å². The molecule has 10 heteroatoms. The Labute approximate surface area is 115 Å². The maximum absolute atomic E-state index is 13.5. The number of amides is 1. The molecule has 1 aromatic carbocycles. The molecule has 2 N–H and O–H groups in total. The second-order valence-corrected chi connectivity index (χ2v) is 4.38. The Bertz CT molecular complexity index is 661. The lowest BCUT2D eigenvalue weighted by atomic mass is 10.1. The van der Waals surface area contributed by atoms with E-state index in [2.05, 4.69) is 20.2 Å². The third-order valence-corrected chi connectivity index (χ3v) is 2.97. The van der Waals surface area contributed by atoms with Gasteiger partial charge in [0.1, 0.15) is 10.6 Å². The third kappa shape index (κ3) is 2.69. The number of anilines is 2. The van der Waals surface area contributed by atoms with Crippen LogP contribution in [0.4, 0.5) is 20.8 Å². The molecule has 0 atom stereocenters. The Morgan fingerprint density at radius 1 is 1.50 bits per heavy atom. The van der Waals surface area contributed by atoms with Gasteiger partial charge in [0.15, 0.2) is 5.82 Å². The molecule has 20 heavy (non-hydrogen) atoms. The molecular weight excluding hydrogens is 289 g/mol. The van der Waals surface area contributed by atoms with Crippen LogP contribution in [0, 0.1) is 15.9 Å². The first kappa shape index (κ1) is 13.8. The molecule has 0 aliphatic carbocycles. The summed E-state index contributed by atoms with van der Waals surface area (Å²) >= 11 is 0.921. The van der Waals surface area contributed by atoms with Gasteiger partial charge in [-0.1, -0.05) is 4.49 Å². The van der Waals surface area contributed by atoms with Crippen LogP contribution in [0.3, 0.4) is 0 Å². The summed E-state index contributed by atoms with van der Waals surface area (Å²) < 4.78 is 17.1. The van der Waals surface area contributed by atoms with Crippen LogP contribution in [0.25, 0.3) is 0 Å². The van der Waals surface area contributed by atoms with E-state index in [1.54, 1.807) is 0 Å². The van der Waals surface area contributed by atoms with Crippen molar-refractivity contribution < 1.29 is 14.1 Å². The van der Waals surface area contributed by atoms with Crippen LogP contribution in [0.2, 0.25) is 0 Å². The first-order chi connectivity index (χ1) is 9.52. The van der Waals surface area contributed by atoms with Crippen molar-refractivity contribution >= 4 is 33.8 Å². The number of nitro groups is 1. The van der Waals surface area contributed by atoms with Crippen LogP contribution in [0.1, 0.15) is 10.4 Å². The average molecular weight is 297 g/mol. The maximum atomic E-state index is 13.5. The van der Waals surface area contributed by atoms with Crippen molar-refractivity contribution in [1.82, 2.24) is 9.59 Å². The molecule has 0 saturated heterocycles. The van der Waals surface area contributed by atoms with Crippen LogP contribution in [-0.4, -0.2) is 27.5 Å². The Hall–Kier alpha value is -2.62. The number of nitrogens with zero attached hydrogens (tertiary/aromatic N) is 3. The fourth-order valence-corrected chi connectivity index (χ4v) is 1.90. The van der Waals surface area contributed by atoms with Gasteiger partial charge < -0.3 is 10.6 Å². The zero-order valence-corrected chi connectivity index (χ0v) is 10.9. The van der Waals surface area contributed by atoms with Crippen LogP contribution < -0.4 is 10.6 Å². The summed E-state index contributed by atoms with van der Waals surface area (Å²) in [5.41, 5.74) is -0.881. The summed E-state index contributed by atoms with van der Waals surface area (Å²) in [4.78, 5) is 22.1. The molecule has 0 bridgehead atoms. The van der Waals surface area contributed by atoms with E-state index < -0.39 is 22.3 Å². The minimum atomic E-state index is -0.817. The lowest BCUT2D eigenvalue weighted by molar-refractivity contribution is -0.385. The molecule has 1 heterocycles. The number of aromatic nitrogens is 2. The molecule has 0 fully saturated rings. The standard InChI is InChI=1S/C10H8FN5O3S/c1-12-7-2-5(8(16(18)19)3-6(7)11)10(17)14-9-4-13-15-20-9/h2-4,12H,1H3,(H,14,17). The van der Waals surface area contributed by atoms with E-state index in [9.17, 15) is 19.3 Å². The van der Waals surface area contributed by atoms with Gasteiger partial charge >= 0.3 is 0 Å². The highest BCUT2D eigenvalue weighted by molar-refractivity contribution is 7.10. The lowest BCUT2D eigenvalue weighted by Gasteiger charge is -2.07. The summed E-state index contributed by atoms with van der Waals surface area (Å²) in [6.45, 7) is 0. The summed E-state index contributed by atoms with van der Waals surface area (Å²) in [7, 11) is 1.44. The van der Waals surface area contributed by atoms with Gasteiger partial charge in [0, 0.05) is 18.6 Å². The van der Waals surface area contributed by atoms with Crippen LogP contribution >= 0.6 is 11.5 Å². The van der Waals surface area contributed by atoms with Crippen molar-refractivity contribution in [2.45, 2.75) is 0 Å². The van der Waals surface area contributed by atoms with Crippen LogP contribution in [-0.2, 0) is 0 Å². The minimum Gasteiger partial charge on any atom is -0.386 e. The number of nitrogens with one attached hydrogen (secondary N) is 2. The molecule has 0 radical (unpaired) electrons. The summed E-state index contributed by atoms with van der Waals surface area (Å²) in [6, 6.07) is 1.78. The summed E-state index contributed by atoms with van der Waals surface area (Å²) in [6.07, 6.45) is 1.30. The van der Waals surface area contributed by atoms with Gasteiger partial charge in [-0.3, -0.25) is 14.9 Å². The van der Waals surface area contributed by atoms with Gasteiger partial charge in [-0.25, -0.2) is 4.39 Å². The molecule has 1 amide bonds. The van der Waals surface area contributed by atoms with E-state index in [0.29, 0.717) is 11.1 Å². The molecule has 104 valence electrons. The van der Waals surface area contributed by atoms with E-state index in [0.717, 1.165) is 17.6 Å². The minimum absolute atomic E-state index is 0.0109. The number of benzene rings is 1. The molecular formula is C10H8FN5O3S. The number of nitro benzene ring substituents is 1. The summed E-state index contributed by atoms with van der Waals surface area (Å²) in [5, 5.41) is 19.7. The van der Waals surface area contributed by atoms with E-state index in [4.69, 9.17) is 0 Å². The Kier molecular flexibility index (Phi) is 3.84. The summed E-state index contributed by atoms with van der Waals surface area (Å²) in [5.74, 6) is -1.55. The van der Waals surface area contributed by atoms with Crippen molar-refractivity contribution in [3.05, 3.63) is 39.8 Å². The first-order valence-corrected chi connectivity index (χ1v) is 6.04. The number of carbonyl (C=O) groups excluding carboxylic acids is 1. The van der Waals surface area contributed by atoms with E-state index in [-0.39, 0.29) is 11.3 Å². The second kappa shape index (κ2) is 5.57. The topological polar surface area (TPSA) is 110 Å². The van der Waals surface area contributed by atoms with Gasteiger partial charge in [-0.05, 0) is 6.07 Å². The van der Waals surface area contributed by atoms with Gasteiger partial charge in [-0.2, -0.15) is 0 Å². The SMILES string of the molecule is CNc1cc(C(=O)Nc2cnns2)c([N+](=O)[O-])cc1F. The highest BCUT2D eigenvalue weighted by atomic mass is 32.1. The zero-order valence-electron chi connectivity index (χ0n) is 10.1. The molecule has 2 aromatic rings.